The summed E-state index contributed by atoms with van der Waals surface area (Å²) in [6, 6.07) is 0. The lowest BCUT2D eigenvalue weighted by Gasteiger charge is -2.61. The molecule has 0 aromatic carbocycles. The van der Waals surface area contributed by atoms with Gasteiger partial charge in [0, 0.05) is 16.9 Å². The SMILES string of the molecule is CC(C)(OC(=O)C1=CC2CCC1C2=O)C12CC3CC(CC(C3)C1)C2. The normalized spacial score (nSPS) is 45.7. The van der Waals surface area contributed by atoms with Gasteiger partial charge in [-0.05, 0) is 83.0 Å². The summed E-state index contributed by atoms with van der Waals surface area (Å²) in [4.78, 5) is 25.0. The Morgan fingerprint density at radius 2 is 1.67 bits per heavy atom. The molecule has 6 rings (SSSR count). The number of carbonyl (C=O) groups excluding carboxylic acids is 2. The van der Waals surface area contributed by atoms with Crippen LogP contribution in [0, 0.1) is 35.0 Å². The largest absolute Gasteiger partial charge is 0.456 e. The van der Waals surface area contributed by atoms with Crippen molar-refractivity contribution < 1.29 is 14.3 Å². The van der Waals surface area contributed by atoms with Crippen LogP contribution in [0.1, 0.15) is 65.2 Å². The zero-order valence-corrected chi connectivity index (χ0v) is 14.8. The number of allylic oxidation sites excluding steroid dienone is 1. The van der Waals surface area contributed by atoms with Crippen LogP contribution >= 0.6 is 0 Å². The van der Waals surface area contributed by atoms with Crippen molar-refractivity contribution in [1.29, 1.82) is 0 Å². The molecule has 0 spiro atoms. The van der Waals surface area contributed by atoms with E-state index in [-0.39, 0.29) is 29.0 Å². The fourth-order valence-electron chi connectivity index (χ4n) is 7.15. The van der Waals surface area contributed by atoms with Crippen LogP contribution in [0.3, 0.4) is 0 Å². The Balaban J connectivity index is 1.38. The molecule has 6 aliphatic rings. The van der Waals surface area contributed by atoms with Gasteiger partial charge in [-0.3, -0.25) is 4.79 Å². The molecule has 2 atom stereocenters. The lowest BCUT2D eigenvalue weighted by atomic mass is 9.46. The minimum absolute atomic E-state index is 0.0137. The molecule has 0 N–H and O–H groups in total. The maximum Gasteiger partial charge on any atom is 0.334 e. The average molecular weight is 328 g/mol. The van der Waals surface area contributed by atoms with Crippen LogP contribution in [0.25, 0.3) is 0 Å². The number of hydrogen-bond acceptors (Lipinski definition) is 3. The maximum absolute atomic E-state index is 12.8. The van der Waals surface area contributed by atoms with Crippen LogP contribution in [-0.2, 0) is 14.3 Å². The summed E-state index contributed by atoms with van der Waals surface area (Å²) in [6.07, 6.45) is 11.5. The second kappa shape index (κ2) is 4.74. The molecule has 3 heteroatoms. The predicted molar refractivity (Wildman–Crippen MR) is 90.1 cm³/mol. The van der Waals surface area contributed by atoms with Crippen molar-refractivity contribution in [1.82, 2.24) is 0 Å². The van der Waals surface area contributed by atoms with Crippen LogP contribution in [0.2, 0.25) is 0 Å². The van der Waals surface area contributed by atoms with Crippen LogP contribution in [-0.4, -0.2) is 17.4 Å². The molecule has 0 aromatic rings. The van der Waals surface area contributed by atoms with Gasteiger partial charge < -0.3 is 4.74 Å². The Hall–Kier alpha value is -1.12. The van der Waals surface area contributed by atoms with Gasteiger partial charge in [-0.25, -0.2) is 4.79 Å². The Labute approximate surface area is 144 Å². The van der Waals surface area contributed by atoms with Gasteiger partial charge in [0.2, 0.25) is 0 Å². The van der Waals surface area contributed by atoms with Crippen molar-refractivity contribution >= 4 is 11.8 Å². The van der Waals surface area contributed by atoms with Gasteiger partial charge in [0.25, 0.3) is 0 Å². The number of esters is 1. The lowest BCUT2D eigenvalue weighted by Crippen LogP contribution is -2.57. The van der Waals surface area contributed by atoms with Gasteiger partial charge in [-0.15, -0.1) is 0 Å². The topological polar surface area (TPSA) is 43.4 Å². The summed E-state index contributed by atoms with van der Waals surface area (Å²) in [5.74, 6) is 2.38. The minimum atomic E-state index is -0.425. The van der Waals surface area contributed by atoms with E-state index in [1.54, 1.807) is 0 Å². The first-order valence-corrected chi connectivity index (χ1v) is 9.86. The lowest BCUT2D eigenvalue weighted by molar-refractivity contribution is -0.195. The van der Waals surface area contributed by atoms with E-state index in [4.69, 9.17) is 4.74 Å². The van der Waals surface area contributed by atoms with E-state index in [9.17, 15) is 9.59 Å². The van der Waals surface area contributed by atoms with E-state index in [1.165, 1.54) is 38.5 Å². The molecule has 130 valence electrons. The Kier molecular flexibility index (Phi) is 2.99. The van der Waals surface area contributed by atoms with Gasteiger partial charge in [-0.1, -0.05) is 6.08 Å². The zero-order chi connectivity index (χ0) is 16.7. The molecule has 3 nitrogen and oxygen atoms in total. The van der Waals surface area contributed by atoms with Crippen molar-refractivity contribution in [3.05, 3.63) is 11.6 Å². The number of fused-ring (bicyclic) bond motifs is 2. The van der Waals surface area contributed by atoms with Gasteiger partial charge in [0.1, 0.15) is 11.4 Å². The molecule has 5 saturated carbocycles. The zero-order valence-electron chi connectivity index (χ0n) is 14.8. The molecule has 2 unspecified atom stereocenters. The summed E-state index contributed by atoms with van der Waals surface area (Å²) >= 11 is 0. The van der Waals surface area contributed by atoms with Crippen LogP contribution in [0.15, 0.2) is 11.6 Å². The Bertz CT molecular complexity index is 606. The Morgan fingerprint density at radius 1 is 1.08 bits per heavy atom. The Morgan fingerprint density at radius 3 is 2.12 bits per heavy atom. The van der Waals surface area contributed by atoms with Crippen molar-refractivity contribution in [3.8, 4) is 0 Å². The van der Waals surface area contributed by atoms with Crippen LogP contribution in [0.4, 0.5) is 0 Å². The van der Waals surface area contributed by atoms with Crippen molar-refractivity contribution in [3.63, 3.8) is 0 Å². The third-order valence-corrected chi connectivity index (χ3v) is 8.13. The van der Waals surface area contributed by atoms with Gasteiger partial charge in [-0.2, -0.15) is 0 Å². The monoisotopic (exact) mass is 328 g/mol. The van der Waals surface area contributed by atoms with Gasteiger partial charge in [0.05, 0.1) is 5.92 Å². The summed E-state index contributed by atoms with van der Waals surface area (Å²) in [7, 11) is 0. The molecule has 6 aliphatic carbocycles. The number of ketones is 1. The predicted octanol–water partition coefficient (Wildman–Crippen LogP) is 4.06. The van der Waals surface area contributed by atoms with Gasteiger partial charge in [0.15, 0.2) is 0 Å². The number of hydrogen-bond donors (Lipinski definition) is 0. The molecular formula is C21H28O3. The molecule has 0 radical (unpaired) electrons. The van der Waals surface area contributed by atoms with E-state index in [0.717, 1.165) is 30.6 Å². The highest BCUT2D eigenvalue weighted by molar-refractivity contribution is 6.04. The van der Waals surface area contributed by atoms with Crippen LogP contribution in [0.5, 0.6) is 0 Å². The fraction of sp³-hybridized carbons (Fsp3) is 0.810. The first kappa shape index (κ1) is 15.2. The molecule has 5 fully saturated rings. The first-order chi connectivity index (χ1) is 11.4. The summed E-state index contributed by atoms with van der Waals surface area (Å²) in [6.45, 7) is 4.27. The highest BCUT2D eigenvalue weighted by Gasteiger charge is 2.59. The minimum Gasteiger partial charge on any atom is -0.456 e. The smallest absolute Gasteiger partial charge is 0.334 e. The number of ether oxygens (including phenoxy) is 1. The van der Waals surface area contributed by atoms with Crippen molar-refractivity contribution in [2.75, 3.05) is 0 Å². The molecule has 6 bridgehead atoms. The summed E-state index contributed by atoms with van der Waals surface area (Å²) < 4.78 is 6.15. The second-order valence-corrected chi connectivity index (χ2v) is 9.86. The number of Topliss-reactive ketones (excluding diaryl/α,β-unsaturated/α-hetero) is 1. The van der Waals surface area contributed by atoms with Crippen LogP contribution < -0.4 is 0 Å². The summed E-state index contributed by atoms with van der Waals surface area (Å²) in [5.41, 5.74) is 0.403. The highest BCUT2D eigenvalue weighted by Crippen LogP contribution is 2.64. The number of carbonyl (C=O) groups is 2. The highest BCUT2D eigenvalue weighted by atomic mass is 16.6. The van der Waals surface area contributed by atoms with E-state index in [1.807, 2.05) is 6.08 Å². The molecule has 0 amide bonds. The fourth-order valence-corrected chi connectivity index (χ4v) is 7.15. The molecule has 0 aromatic heterocycles. The molecule has 0 heterocycles. The summed E-state index contributed by atoms with van der Waals surface area (Å²) in [5, 5.41) is 0. The molecule has 24 heavy (non-hydrogen) atoms. The second-order valence-electron chi connectivity index (χ2n) is 9.86. The standard InChI is InChI=1S/C21H28O3/c1-20(2,21-9-12-5-13(10-21)7-14(6-12)11-21)24-19(23)17-8-15-3-4-16(17)18(15)22/h8,12-16H,3-7,9-11H2,1-2H3. The average Bonchev–Trinajstić information content (AvgIpc) is 3.00. The third-order valence-electron chi connectivity index (χ3n) is 8.13. The third kappa shape index (κ3) is 1.96. The van der Waals surface area contributed by atoms with E-state index in [2.05, 4.69) is 13.8 Å². The first-order valence-electron chi connectivity index (χ1n) is 9.86. The molecule has 0 aliphatic heterocycles. The van der Waals surface area contributed by atoms with Gasteiger partial charge >= 0.3 is 5.97 Å². The quantitative estimate of drug-likeness (QED) is 0.734. The van der Waals surface area contributed by atoms with E-state index < -0.39 is 5.60 Å². The van der Waals surface area contributed by atoms with Crippen molar-refractivity contribution in [2.45, 2.75) is 70.8 Å². The number of rotatable bonds is 3. The van der Waals surface area contributed by atoms with E-state index >= 15 is 0 Å². The van der Waals surface area contributed by atoms with E-state index in [0.29, 0.717) is 5.57 Å². The maximum atomic E-state index is 12.8. The molecule has 0 saturated heterocycles. The molecular weight excluding hydrogens is 300 g/mol. The van der Waals surface area contributed by atoms with Crippen molar-refractivity contribution in [2.24, 2.45) is 35.0 Å².